The van der Waals surface area contributed by atoms with Crippen LogP contribution in [0.4, 0.5) is 10.5 Å². The summed E-state index contributed by atoms with van der Waals surface area (Å²) in [5, 5.41) is 0. The Morgan fingerprint density at radius 3 is 2.56 bits per heavy atom. The first kappa shape index (κ1) is 19.2. The second-order valence-corrected chi connectivity index (χ2v) is 6.48. The topological polar surface area (TPSA) is 32.8 Å². The van der Waals surface area contributed by atoms with E-state index in [1.165, 1.54) is 30.5 Å². The second-order valence-electron chi connectivity index (χ2n) is 6.48. The number of anilines is 1. The van der Waals surface area contributed by atoms with Gasteiger partial charge in [-0.05, 0) is 25.0 Å². The zero-order valence-corrected chi connectivity index (χ0v) is 15.6. The van der Waals surface area contributed by atoms with E-state index in [0.29, 0.717) is 13.1 Å². The van der Waals surface area contributed by atoms with E-state index in [1.54, 1.807) is 4.90 Å². The lowest BCUT2D eigenvalue weighted by Crippen LogP contribution is -2.49. The van der Waals surface area contributed by atoms with E-state index in [9.17, 15) is 4.79 Å². The van der Waals surface area contributed by atoms with Gasteiger partial charge in [-0.1, -0.05) is 56.2 Å². The van der Waals surface area contributed by atoms with Crippen LogP contribution in [-0.4, -0.2) is 43.8 Å². The number of hydrogen-bond donors (Lipinski definition) is 0. The standard InChI is InChI=1S/C21H30N2O2/c1-3-4-5-6-7-8-11-18-25-21(24)23-16-14-22(15-17-23)20-13-10-9-12-19(20)2/h9-10,12-13H,3-7,14-18H2,1-2H3. The first-order valence-corrected chi connectivity index (χ1v) is 9.40. The number of benzene rings is 1. The monoisotopic (exact) mass is 342 g/mol. The van der Waals surface area contributed by atoms with Gasteiger partial charge in [0.15, 0.2) is 6.61 Å². The van der Waals surface area contributed by atoms with Crippen LogP contribution in [0.25, 0.3) is 0 Å². The van der Waals surface area contributed by atoms with Gasteiger partial charge in [-0.15, -0.1) is 0 Å². The van der Waals surface area contributed by atoms with Crippen molar-refractivity contribution in [2.24, 2.45) is 0 Å². The number of amides is 1. The van der Waals surface area contributed by atoms with Crippen LogP contribution in [0.5, 0.6) is 0 Å². The fourth-order valence-electron chi connectivity index (χ4n) is 3.02. The van der Waals surface area contributed by atoms with Crippen molar-refractivity contribution < 1.29 is 9.53 Å². The van der Waals surface area contributed by atoms with Crippen LogP contribution in [-0.2, 0) is 4.74 Å². The van der Waals surface area contributed by atoms with Crippen molar-refractivity contribution >= 4 is 11.8 Å². The van der Waals surface area contributed by atoms with E-state index >= 15 is 0 Å². The molecule has 1 aliphatic rings. The molecule has 1 heterocycles. The Balaban J connectivity index is 1.66. The molecule has 1 saturated heterocycles. The van der Waals surface area contributed by atoms with Gasteiger partial charge in [0.2, 0.25) is 0 Å². The van der Waals surface area contributed by atoms with E-state index in [-0.39, 0.29) is 12.7 Å². The number of aryl methyl sites for hydroxylation is 1. The Kier molecular flexibility index (Phi) is 8.18. The first-order valence-electron chi connectivity index (χ1n) is 9.40. The van der Waals surface area contributed by atoms with E-state index in [0.717, 1.165) is 25.9 Å². The highest BCUT2D eigenvalue weighted by molar-refractivity contribution is 5.68. The van der Waals surface area contributed by atoms with Crippen LogP contribution in [0.3, 0.4) is 0 Å². The van der Waals surface area contributed by atoms with Gasteiger partial charge < -0.3 is 14.5 Å². The average molecular weight is 342 g/mol. The molecule has 1 aromatic rings. The molecule has 0 radical (unpaired) electrons. The predicted octanol–water partition coefficient (Wildman–Crippen LogP) is 4.23. The molecule has 0 bridgehead atoms. The Bertz CT molecular complexity index is 595. The molecular weight excluding hydrogens is 312 g/mol. The van der Waals surface area contributed by atoms with Crippen LogP contribution in [0, 0.1) is 18.8 Å². The largest absolute Gasteiger partial charge is 0.436 e. The van der Waals surface area contributed by atoms with Gasteiger partial charge >= 0.3 is 6.09 Å². The van der Waals surface area contributed by atoms with E-state index < -0.39 is 0 Å². The lowest BCUT2D eigenvalue weighted by atomic mass is 10.1. The SMILES string of the molecule is CCCCCCC#CCOC(=O)N1CCN(c2ccccc2C)CC1. The molecule has 2 rings (SSSR count). The van der Waals surface area contributed by atoms with E-state index in [1.807, 2.05) is 0 Å². The Hall–Kier alpha value is -2.15. The number of ether oxygens (including phenoxy) is 1. The average Bonchev–Trinajstić information content (AvgIpc) is 2.64. The van der Waals surface area contributed by atoms with Gasteiger partial charge in [0.25, 0.3) is 0 Å². The molecule has 1 amide bonds. The number of piperazine rings is 1. The van der Waals surface area contributed by atoms with Gasteiger partial charge in [0, 0.05) is 38.3 Å². The molecule has 4 heteroatoms. The summed E-state index contributed by atoms with van der Waals surface area (Å²) < 4.78 is 5.27. The summed E-state index contributed by atoms with van der Waals surface area (Å²) in [5.41, 5.74) is 2.53. The van der Waals surface area contributed by atoms with Crippen molar-refractivity contribution in [3.63, 3.8) is 0 Å². The van der Waals surface area contributed by atoms with Crippen molar-refractivity contribution in [1.82, 2.24) is 4.90 Å². The van der Waals surface area contributed by atoms with Crippen LogP contribution in [0.15, 0.2) is 24.3 Å². The van der Waals surface area contributed by atoms with Crippen molar-refractivity contribution in [3.8, 4) is 11.8 Å². The maximum Gasteiger partial charge on any atom is 0.410 e. The molecule has 4 nitrogen and oxygen atoms in total. The number of nitrogens with zero attached hydrogens (tertiary/aromatic N) is 2. The van der Waals surface area contributed by atoms with Gasteiger partial charge in [0.05, 0.1) is 0 Å². The Labute approximate surface area is 152 Å². The highest BCUT2D eigenvalue weighted by atomic mass is 16.6. The summed E-state index contributed by atoms with van der Waals surface area (Å²) in [4.78, 5) is 16.2. The summed E-state index contributed by atoms with van der Waals surface area (Å²) >= 11 is 0. The molecule has 0 N–H and O–H groups in total. The molecular formula is C21H30N2O2. The molecule has 0 aliphatic carbocycles. The lowest BCUT2D eigenvalue weighted by molar-refractivity contribution is 0.111. The fraction of sp³-hybridized carbons (Fsp3) is 0.571. The Morgan fingerprint density at radius 2 is 1.84 bits per heavy atom. The van der Waals surface area contributed by atoms with Crippen molar-refractivity contribution in [2.45, 2.75) is 46.0 Å². The molecule has 0 atom stereocenters. The summed E-state index contributed by atoms with van der Waals surface area (Å²) in [6.07, 6.45) is 5.52. The number of unbranched alkanes of at least 4 members (excludes halogenated alkanes) is 4. The second kappa shape index (κ2) is 10.7. The maximum absolute atomic E-state index is 12.1. The van der Waals surface area contributed by atoms with Crippen LogP contribution < -0.4 is 4.90 Å². The highest BCUT2D eigenvalue weighted by Crippen LogP contribution is 2.20. The van der Waals surface area contributed by atoms with Crippen molar-refractivity contribution in [3.05, 3.63) is 29.8 Å². The van der Waals surface area contributed by atoms with E-state index in [4.69, 9.17) is 4.74 Å². The maximum atomic E-state index is 12.1. The van der Waals surface area contributed by atoms with Gasteiger partial charge in [-0.2, -0.15) is 0 Å². The smallest absolute Gasteiger partial charge is 0.410 e. The zero-order valence-electron chi connectivity index (χ0n) is 15.6. The van der Waals surface area contributed by atoms with Crippen LogP contribution in [0.2, 0.25) is 0 Å². The van der Waals surface area contributed by atoms with Gasteiger partial charge in [-0.3, -0.25) is 0 Å². The number of para-hydroxylation sites is 1. The molecule has 136 valence electrons. The molecule has 0 spiro atoms. The number of hydrogen-bond acceptors (Lipinski definition) is 3. The minimum atomic E-state index is -0.246. The summed E-state index contributed by atoms with van der Waals surface area (Å²) in [7, 11) is 0. The van der Waals surface area contributed by atoms with Crippen LogP contribution >= 0.6 is 0 Å². The molecule has 0 unspecified atom stereocenters. The quantitative estimate of drug-likeness (QED) is 0.573. The zero-order chi connectivity index (χ0) is 17.9. The van der Waals surface area contributed by atoms with Gasteiger partial charge in [0.1, 0.15) is 0 Å². The number of carbonyl (C=O) groups is 1. The molecule has 1 aliphatic heterocycles. The summed E-state index contributed by atoms with van der Waals surface area (Å²) in [5.74, 6) is 6.03. The predicted molar refractivity (Wildman–Crippen MR) is 103 cm³/mol. The molecule has 25 heavy (non-hydrogen) atoms. The third-order valence-electron chi connectivity index (χ3n) is 4.54. The number of carbonyl (C=O) groups excluding carboxylic acids is 1. The highest BCUT2D eigenvalue weighted by Gasteiger charge is 2.22. The van der Waals surface area contributed by atoms with Crippen molar-refractivity contribution in [2.75, 3.05) is 37.7 Å². The molecule has 0 saturated carbocycles. The lowest BCUT2D eigenvalue weighted by Gasteiger charge is -2.36. The normalized spacial score (nSPS) is 14.0. The Morgan fingerprint density at radius 1 is 1.08 bits per heavy atom. The van der Waals surface area contributed by atoms with Crippen molar-refractivity contribution in [1.29, 1.82) is 0 Å². The van der Waals surface area contributed by atoms with Crippen LogP contribution in [0.1, 0.15) is 44.6 Å². The third kappa shape index (κ3) is 6.34. The fourth-order valence-corrected chi connectivity index (χ4v) is 3.02. The summed E-state index contributed by atoms with van der Waals surface area (Å²) in [6, 6.07) is 8.37. The third-order valence-corrected chi connectivity index (χ3v) is 4.54. The minimum Gasteiger partial charge on any atom is -0.436 e. The minimum absolute atomic E-state index is 0.199. The first-order chi connectivity index (χ1) is 12.2. The van der Waals surface area contributed by atoms with Gasteiger partial charge in [-0.25, -0.2) is 4.79 Å². The van der Waals surface area contributed by atoms with E-state index in [2.05, 4.69) is 54.9 Å². The molecule has 1 aromatic carbocycles. The molecule has 1 fully saturated rings. The summed E-state index contributed by atoms with van der Waals surface area (Å²) in [6.45, 7) is 7.58. The molecule has 0 aromatic heterocycles. The number of rotatable bonds is 6.